The largest absolute Gasteiger partial charge is 0.464 e. The molecule has 0 heterocycles. The van der Waals surface area contributed by atoms with Crippen LogP contribution in [0, 0.1) is 0 Å². The highest BCUT2D eigenvalue weighted by molar-refractivity contribution is 5.84. The van der Waals surface area contributed by atoms with Crippen molar-refractivity contribution in [1.29, 1.82) is 0 Å². The Morgan fingerprint density at radius 3 is 1.76 bits per heavy atom. The maximum Gasteiger partial charge on any atom is 0.328 e. The summed E-state index contributed by atoms with van der Waals surface area (Å²) in [7, 11) is 0. The van der Waals surface area contributed by atoms with Gasteiger partial charge in [0.05, 0.1) is 6.61 Å². The Labute approximate surface area is 179 Å². The highest BCUT2D eigenvalue weighted by Crippen LogP contribution is 2.13. The van der Waals surface area contributed by atoms with Gasteiger partial charge in [-0.15, -0.1) is 0 Å². The number of rotatable bonds is 21. The van der Waals surface area contributed by atoms with Crippen LogP contribution in [0.4, 0.5) is 0 Å². The first kappa shape index (κ1) is 27.9. The minimum atomic E-state index is -0.532. The second kappa shape index (κ2) is 21.6. The molecular formula is C24H48N2O3. The van der Waals surface area contributed by atoms with Gasteiger partial charge < -0.3 is 15.8 Å². The number of nitrogens with two attached hydrogens (primary N) is 1. The Kier molecular flexibility index (Phi) is 20.8. The summed E-state index contributed by atoms with van der Waals surface area (Å²) in [4.78, 5) is 24.1. The summed E-state index contributed by atoms with van der Waals surface area (Å²) in [6.45, 7) is 4.98. The van der Waals surface area contributed by atoms with Crippen molar-refractivity contribution < 1.29 is 14.3 Å². The molecule has 0 aliphatic rings. The maximum atomic E-state index is 12.2. The van der Waals surface area contributed by atoms with Crippen molar-refractivity contribution in [2.75, 3.05) is 13.2 Å². The van der Waals surface area contributed by atoms with Crippen LogP contribution in [0.15, 0.2) is 0 Å². The lowest BCUT2D eigenvalue weighted by atomic mass is 10.0. The number of nitrogens with one attached hydrogen (secondary N) is 1. The molecular weight excluding hydrogens is 364 g/mol. The molecule has 0 fully saturated rings. The molecule has 172 valence electrons. The van der Waals surface area contributed by atoms with Crippen LogP contribution in [0.5, 0.6) is 0 Å². The minimum absolute atomic E-state index is 0.0427. The molecule has 0 aromatic heterocycles. The monoisotopic (exact) mass is 412 g/mol. The number of carbonyl (C=O) groups excluding carboxylic acids is 2. The van der Waals surface area contributed by atoms with E-state index >= 15 is 0 Å². The Bertz CT molecular complexity index is 388. The highest BCUT2D eigenvalue weighted by Gasteiger charge is 2.21. The number of amides is 1. The molecule has 5 heteroatoms. The van der Waals surface area contributed by atoms with Crippen LogP contribution in [0.25, 0.3) is 0 Å². The summed E-state index contributed by atoms with van der Waals surface area (Å²) in [5.41, 5.74) is 5.51. The molecule has 0 spiro atoms. The van der Waals surface area contributed by atoms with E-state index in [2.05, 4.69) is 12.2 Å². The molecule has 0 aliphatic carbocycles. The van der Waals surface area contributed by atoms with Gasteiger partial charge in [-0.1, -0.05) is 84.0 Å². The Hall–Kier alpha value is -1.10. The number of ether oxygens (including phenoxy) is 1. The molecule has 29 heavy (non-hydrogen) atoms. The topological polar surface area (TPSA) is 81.4 Å². The van der Waals surface area contributed by atoms with E-state index in [4.69, 9.17) is 10.5 Å². The van der Waals surface area contributed by atoms with Crippen molar-refractivity contribution in [3.63, 3.8) is 0 Å². The molecule has 0 unspecified atom stereocenters. The number of carbonyl (C=O) groups is 2. The lowest BCUT2D eigenvalue weighted by Gasteiger charge is -2.17. The van der Waals surface area contributed by atoms with Crippen molar-refractivity contribution in [2.45, 2.75) is 129 Å². The van der Waals surface area contributed by atoms with E-state index < -0.39 is 6.04 Å². The molecule has 0 saturated heterocycles. The summed E-state index contributed by atoms with van der Waals surface area (Å²) in [6.07, 6.45) is 19.5. The molecule has 1 atom stereocenters. The minimum Gasteiger partial charge on any atom is -0.464 e. The van der Waals surface area contributed by atoms with Gasteiger partial charge in [0, 0.05) is 6.42 Å². The standard InChI is InChI=1S/C24H48N2O3/c1-3-5-6-7-8-9-10-11-12-13-14-15-16-20-23(27)26-22(19-17-18-21-25)24(28)29-4-2/h22H,3-21,25H2,1-2H3,(H,26,27)/t22-/m0/s1. The van der Waals surface area contributed by atoms with Crippen LogP contribution < -0.4 is 11.1 Å². The average Bonchev–Trinajstić information content (AvgIpc) is 2.71. The Balaban J connectivity index is 3.66. The van der Waals surface area contributed by atoms with Crippen LogP contribution in [-0.2, 0) is 14.3 Å². The SMILES string of the molecule is CCCCCCCCCCCCCCCC(=O)N[C@@H](CCCCN)C(=O)OCC. The summed E-state index contributed by atoms with van der Waals surface area (Å²) in [5.74, 6) is -0.373. The van der Waals surface area contributed by atoms with Crippen LogP contribution in [-0.4, -0.2) is 31.1 Å². The molecule has 0 saturated carbocycles. The van der Waals surface area contributed by atoms with Crippen molar-refractivity contribution in [1.82, 2.24) is 5.32 Å². The first-order valence-electron chi connectivity index (χ1n) is 12.3. The van der Waals surface area contributed by atoms with E-state index in [9.17, 15) is 9.59 Å². The van der Waals surface area contributed by atoms with Gasteiger partial charge in [-0.2, -0.15) is 0 Å². The zero-order chi connectivity index (χ0) is 21.6. The predicted octanol–water partition coefficient (Wildman–Crippen LogP) is 5.64. The van der Waals surface area contributed by atoms with E-state index in [1.807, 2.05) is 0 Å². The van der Waals surface area contributed by atoms with Crippen LogP contribution in [0.1, 0.15) is 123 Å². The molecule has 5 nitrogen and oxygen atoms in total. The van der Waals surface area contributed by atoms with Crippen molar-refractivity contribution >= 4 is 11.9 Å². The van der Waals surface area contributed by atoms with E-state index in [0.29, 0.717) is 26.0 Å². The Morgan fingerprint density at radius 1 is 0.759 bits per heavy atom. The van der Waals surface area contributed by atoms with Gasteiger partial charge in [-0.25, -0.2) is 4.79 Å². The van der Waals surface area contributed by atoms with Crippen LogP contribution in [0.2, 0.25) is 0 Å². The second-order valence-corrected chi connectivity index (χ2v) is 8.15. The lowest BCUT2D eigenvalue weighted by molar-refractivity contribution is -0.147. The van der Waals surface area contributed by atoms with Crippen molar-refractivity contribution in [2.24, 2.45) is 5.73 Å². The number of unbranched alkanes of at least 4 members (excludes halogenated alkanes) is 13. The van der Waals surface area contributed by atoms with Crippen molar-refractivity contribution in [3.05, 3.63) is 0 Å². The van der Waals surface area contributed by atoms with Crippen molar-refractivity contribution in [3.8, 4) is 0 Å². The van der Waals surface area contributed by atoms with Gasteiger partial charge in [0.2, 0.25) is 5.91 Å². The number of hydrogen-bond donors (Lipinski definition) is 2. The first-order valence-corrected chi connectivity index (χ1v) is 12.3. The molecule has 0 bridgehead atoms. The molecule has 3 N–H and O–H groups in total. The quantitative estimate of drug-likeness (QED) is 0.189. The molecule has 1 amide bonds. The second-order valence-electron chi connectivity index (χ2n) is 8.15. The van der Waals surface area contributed by atoms with Gasteiger partial charge in [-0.05, 0) is 39.2 Å². The van der Waals surface area contributed by atoms with E-state index in [1.54, 1.807) is 6.92 Å². The van der Waals surface area contributed by atoms with Gasteiger partial charge >= 0.3 is 5.97 Å². The first-order chi connectivity index (χ1) is 14.2. The summed E-state index contributed by atoms with van der Waals surface area (Å²) in [5, 5.41) is 2.85. The molecule has 0 aromatic carbocycles. The molecule has 0 rings (SSSR count). The van der Waals surface area contributed by atoms with Crippen LogP contribution in [0.3, 0.4) is 0 Å². The summed E-state index contributed by atoms with van der Waals surface area (Å²) in [6, 6.07) is -0.532. The molecule has 0 aromatic rings. The summed E-state index contributed by atoms with van der Waals surface area (Å²) < 4.78 is 5.07. The average molecular weight is 413 g/mol. The van der Waals surface area contributed by atoms with Gasteiger partial charge in [0.25, 0.3) is 0 Å². The smallest absolute Gasteiger partial charge is 0.328 e. The third kappa shape index (κ3) is 18.7. The van der Waals surface area contributed by atoms with Gasteiger partial charge in [0.15, 0.2) is 0 Å². The fourth-order valence-corrected chi connectivity index (χ4v) is 3.55. The van der Waals surface area contributed by atoms with Gasteiger partial charge in [0.1, 0.15) is 6.04 Å². The highest BCUT2D eigenvalue weighted by atomic mass is 16.5. The van der Waals surface area contributed by atoms with E-state index in [-0.39, 0.29) is 11.9 Å². The number of esters is 1. The Morgan fingerprint density at radius 2 is 1.28 bits per heavy atom. The fraction of sp³-hybridized carbons (Fsp3) is 0.917. The zero-order valence-electron chi connectivity index (χ0n) is 19.3. The number of hydrogen-bond acceptors (Lipinski definition) is 4. The summed E-state index contributed by atoms with van der Waals surface area (Å²) >= 11 is 0. The molecule has 0 aliphatic heterocycles. The van der Waals surface area contributed by atoms with E-state index in [0.717, 1.165) is 25.7 Å². The molecule has 0 radical (unpaired) electrons. The zero-order valence-corrected chi connectivity index (χ0v) is 19.3. The third-order valence-electron chi connectivity index (χ3n) is 5.36. The normalized spacial score (nSPS) is 12.0. The third-order valence-corrected chi connectivity index (χ3v) is 5.36. The van der Waals surface area contributed by atoms with Crippen LogP contribution >= 0.6 is 0 Å². The maximum absolute atomic E-state index is 12.2. The lowest BCUT2D eigenvalue weighted by Crippen LogP contribution is -2.41. The predicted molar refractivity (Wildman–Crippen MR) is 122 cm³/mol. The van der Waals surface area contributed by atoms with Gasteiger partial charge in [-0.3, -0.25) is 4.79 Å². The fourth-order valence-electron chi connectivity index (χ4n) is 3.55. The van der Waals surface area contributed by atoms with E-state index in [1.165, 1.54) is 70.6 Å².